The van der Waals surface area contributed by atoms with E-state index in [0.717, 1.165) is 11.8 Å². The van der Waals surface area contributed by atoms with Crippen molar-refractivity contribution < 1.29 is 19.1 Å². The quantitative estimate of drug-likeness (QED) is 0.516. The highest BCUT2D eigenvalue weighted by atomic mass is 32.2. The molecule has 0 saturated carbocycles. The Hall–Kier alpha value is -1.83. The van der Waals surface area contributed by atoms with Crippen molar-refractivity contribution in [3.63, 3.8) is 0 Å². The third-order valence-corrected chi connectivity index (χ3v) is 6.37. The molecule has 0 spiro atoms. The predicted octanol–water partition coefficient (Wildman–Crippen LogP) is 4.28. The fraction of sp³-hybridized carbons (Fsp3) is 0.364. The summed E-state index contributed by atoms with van der Waals surface area (Å²) in [5, 5.41) is 11.3. The second kappa shape index (κ2) is 12.7. The average molecular weight is 436 g/mol. The number of halogens is 1. The maximum absolute atomic E-state index is 14.1. The highest BCUT2D eigenvalue weighted by Gasteiger charge is 2.22. The van der Waals surface area contributed by atoms with Gasteiger partial charge in [0.2, 0.25) is 11.0 Å². The predicted molar refractivity (Wildman–Crippen MR) is 119 cm³/mol. The first kappa shape index (κ1) is 23.4. The first-order chi connectivity index (χ1) is 14.0. The summed E-state index contributed by atoms with van der Waals surface area (Å²) in [6, 6.07) is 15.3. The molecule has 0 aliphatic heterocycles. The Morgan fingerprint density at radius 3 is 2.45 bits per heavy atom. The largest absolute Gasteiger partial charge is 0.396 e. The molecule has 7 heteroatoms. The summed E-state index contributed by atoms with van der Waals surface area (Å²) in [5.41, 5.74) is 1.04. The lowest BCUT2D eigenvalue weighted by atomic mass is 10.1. The lowest BCUT2D eigenvalue weighted by Gasteiger charge is -2.20. The van der Waals surface area contributed by atoms with Crippen LogP contribution in [0.4, 0.5) is 4.39 Å². The summed E-state index contributed by atoms with van der Waals surface area (Å²) in [4.78, 5) is 25.2. The SMILES string of the molecule is CSC(CCCO)NC(=O)CC(Cc1ccccc1F)SC(=O)c1ccccc1. The number of aliphatic hydroxyl groups excluding tert-OH is 1. The van der Waals surface area contributed by atoms with Gasteiger partial charge in [0.15, 0.2) is 0 Å². The summed E-state index contributed by atoms with van der Waals surface area (Å²) in [7, 11) is 0. The number of benzene rings is 2. The van der Waals surface area contributed by atoms with E-state index < -0.39 is 0 Å². The molecule has 2 rings (SSSR count). The minimum atomic E-state index is -0.389. The first-order valence-corrected chi connectivity index (χ1v) is 11.6. The number of amides is 1. The van der Waals surface area contributed by atoms with Crippen LogP contribution in [0.2, 0.25) is 0 Å². The molecular weight excluding hydrogens is 409 g/mol. The Morgan fingerprint density at radius 2 is 1.79 bits per heavy atom. The highest BCUT2D eigenvalue weighted by molar-refractivity contribution is 8.14. The number of aliphatic hydroxyl groups is 1. The molecule has 0 radical (unpaired) electrons. The molecule has 2 atom stereocenters. The standard InChI is InChI=1S/C22H26FNO3S2/c1-28-21(12-7-13-25)24-20(26)15-18(14-17-10-5-6-11-19(17)23)29-22(27)16-8-3-2-4-9-16/h2-6,8-11,18,21,25H,7,12-15H2,1H3,(H,24,26). The summed E-state index contributed by atoms with van der Waals surface area (Å²) < 4.78 is 14.1. The molecule has 1 amide bonds. The summed E-state index contributed by atoms with van der Waals surface area (Å²) >= 11 is 2.57. The van der Waals surface area contributed by atoms with E-state index in [1.807, 2.05) is 12.3 Å². The molecule has 29 heavy (non-hydrogen) atoms. The van der Waals surface area contributed by atoms with Crippen LogP contribution in [-0.4, -0.2) is 39.6 Å². The Balaban J connectivity index is 2.08. The van der Waals surface area contributed by atoms with Gasteiger partial charge in [-0.25, -0.2) is 4.39 Å². The van der Waals surface area contributed by atoms with Crippen molar-refractivity contribution in [3.05, 3.63) is 71.5 Å². The molecule has 2 aromatic rings. The van der Waals surface area contributed by atoms with Crippen molar-refractivity contribution in [1.29, 1.82) is 0 Å². The number of carbonyl (C=O) groups is 2. The molecule has 2 unspecified atom stereocenters. The normalized spacial score (nSPS) is 12.9. The van der Waals surface area contributed by atoms with Gasteiger partial charge in [0.1, 0.15) is 5.82 Å². The lowest BCUT2D eigenvalue weighted by molar-refractivity contribution is -0.121. The summed E-state index contributed by atoms with van der Waals surface area (Å²) in [6.45, 7) is 0.0737. The van der Waals surface area contributed by atoms with Gasteiger partial charge in [-0.3, -0.25) is 9.59 Å². The smallest absolute Gasteiger partial charge is 0.222 e. The fourth-order valence-corrected chi connectivity index (χ4v) is 4.55. The Kier molecular flexibility index (Phi) is 10.2. The monoisotopic (exact) mass is 435 g/mol. The molecule has 0 aliphatic carbocycles. The van der Waals surface area contributed by atoms with Crippen LogP contribution in [0.25, 0.3) is 0 Å². The number of hydrogen-bond acceptors (Lipinski definition) is 5. The fourth-order valence-electron chi connectivity index (χ4n) is 2.83. The van der Waals surface area contributed by atoms with Crippen LogP contribution >= 0.6 is 23.5 Å². The van der Waals surface area contributed by atoms with E-state index in [1.54, 1.807) is 42.5 Å². The van der Waals surface area contributed by atoms with Gasteiger partial charge in [0.25, 0.3) is 0 Å². The molecule has 0 bridgehead atoms. The third-order valence-electron chi connectivity index (χ3n) is 4.33. The molecule has 0 heterocycles. The van der Waals surface area contributed by atoms with Crippen LogP contribution in [0.1, 0.15) is 35.2 Å². The van der Waals surface area contributed by atoms with Crippen LogP contribution in [0.15, 0.2) is 54.6 Å². The minimum absolute atomic E-state index is 0.0737. The van der Waals surface area contributed by atoms with Crippen LogP contribution in [0.5, 0.6) is 0 Å². The number of nitrogens with one attached hydrogen (secondary N) is 1. The highest BCUT2D eigenvalue weighted by Crippen LogP contribution is 2.25. The number of carbonyl (C=O) groups excluding carboxylic acids is 2. The van der Waals surface area contributed by atoms with Gasteiger partial charge in [-0.15, -0.1) is 11.8 Å². The van der Waals surface area contributed by atoms with Gasteiger partial charge in [-0.05, 0) is 37.1 Å². The van der Waals surface area contributed by atoms with Crippen LogP contribution < -0.4 is 5.32 Å². The average Bonchev–Trinajstić information content (AvgIpc) is 2.73. The van der Waals surface area contributed by atoms with Crippen molar-refractivity contribution in [2.75, 3.05) is 12.9 Å². The zero-order valence-corrected chi connectivity index (χ0v) is 18.0. The molecule has 0 fully saturated rings. The first-order valence-electron chi connectivity index (χ1n) is 9.46. The maximum atomic E-state index is 14.1. The Labute approximate surface area is 179 Å². The Morgan fingerprint density at radius 1 is 1.10 bits per heavy atom. The topological polar surface area (TPSA) is 66.4 Å². The van der Waals surface area contributed by atoms with Crippen molar-refractivity contribution >= 4 is 34.5 Å². The van der Waals surface area contributed by atoms with Gasteiger partial charge >= 0.3 is 0 Å². The molecule has 0 aromatic heterocycles. The van der Waals surface area contributed by atoms with E-state index in [2.05, 4.69) is 5.32 Å². The molecule has 156 valence electrons. The van der Waals surface area contributed by atoms with Crippen LogP contribution in [0.3, 0.4) is 0 Å². The molecule has 4 nitrogen and oxygen atoms in total. The van der Waals surface area contributed by atoms with Crippen molar-refractivity contribution in [2.24, 2.45) is 0 Å². The molecule has 0 aliphatic rings. The van der Waals surface area contributed by atoms with Gasteiger partial charge < -0.3 is 10.4 Å². The number of hydrogen-bond donors (Lipinski definition) is 2. The number of rotatable bonds is 11. The molecule has 0 saturated heterocycles. The van der Waals surface area contributed by atoms with Gasteiger partial charge in [0, 0.05) is 23.8 Å². The van der Waals surface area contributed by atoms with E-state index in [9.17, 15) is 14.0 Å². The van der Waals surface area contributed by atoms with E-state index in [4.69, 9.17) is 5.11 Å². The van der Waals surface area contributed by atoms with Crippen LogP contribution in [-0.2, 0) is 11.2 Å². The summed E-state index contributed by atoms with van der Waals surface area (Å²) in [5.74, 6) is -0.521. The summed E-state index contributed by atoms with van der Waals surface area (Å²) in [6.07, 6.45) is 3.55. The van der Waals surface area contributed by atoms with Crippen molar-refractivity contribution in [1.82, 2.24) is 5.32 Å². The van der Waals surface area contributed by atoms with E-state index in [-0.39, 0.29) is 46.9 Å². The molecule has 2 N–H and O–H groups in total. The molecule has 2 aromatic carbocycles. The Bertz CT molecular complexity index is 789. The van der Waals surface area contributed by atoms with E-state index in [0.29, 0.717) is 24.0 Å². The number of thioether (sulfide) groups is 2. The minimum Gasteiger partial charge on any atom is -0.396 e. The second-order valence-electron chi connectivity index (χ2n) is 6.55. The van der Waals surface area contributed by atoms with E-state index in [1.165, 1.54) is 17.8 Å². The van der Waals surface area contributed by atoms with Gasteiger partial charge in [0.05, 0.1) is 5.37 Å². The van der Waals surface area contributed by atoms with Crippen LogP contribution in [0, 0.1) is 5.82 Å². The van der Waals surface area contributed by atoms with Crippen molar-refractivity contribution in [3.8, 4) is 0 Å². The zero-order valence-electron chi connectivity index (χ0n) is 16.3. The van der Waals surface area contributed by atoms with Gasteiger partial charge in [-0.2, -0.15) is 0 Å². The zero-order chi connectivity index (χ0) is 21.1. The third kappa shape index (κ3) is 8.20. The maximum Gasteiger partial charge on any atom is 0.222 e. The van der Waals surface area contributed by atoms with Gasteiger partial charge in [-0.1, -0.05) is 60.3 Å². The van der Waals surface area contributed by atoms with E-state index >= 15 is 0 Å². The van der Waals surface area contributed by atoms with Crippen molar-refractivity contribution in [2.45, 2.75) is 36.3 Å². The second-order valence-corrected chi connectivity index (χ2v) is 8.86. The molecular formula is C22H26FNO3S2. The lowest BCUT2D eigenvalue weighted by Crippen LogP contribution is -2.34.